The maximum absolute atomic E-state index is 13.3. The second-order valence-electron chi connectivity index (χ2n) is 9.25. The van der Waals surface area contributed by atoms with E-state index in [0.29, 0.717) is 31.1 Å². The minimum atomic E-state index is -0.437. The summed E-state index contributed by atoms with van der Waals surface area (Å²) < 4.78 is 1.84. The van der Waals surface area contributed by atoms with E-state index in [2.05, 4.69) is 15.2 Å². The van der Waals surface area contributed by atoms with Crippen LogP contribution in [-0.2, 0) is 17.9 Å². The molecule has 168 valence electrons. The van der Waals surface area contributed by atoms with Crippen molar-refractivity contribution in [3.05, 3.63) is 69.9 Å². The number of carbonyl (C=O) groups excluding carboxylic acids is 1. The number of pyridine rings is 2. The van der Waals surface area contributed by atoms with Gasteiger partial charge in [0.15, 0.2) is 0 Å². The van der Waals surface area contributed by atoms with Gasteiger partial charge in [-0.15, -0.1) is 0 Å². The molecule has 2 aliphatic heterocycles. The first-order chi connectivity index (χ1) is 15.6. The number of fused-ring (bicyclic) bond motifs is 3. The summed E-state index contributed by atoms with van der Waals surface area (Å²) in [4.78, 5) is 32.8. The molecule has 2 fully saturated rings. The van der Waals surface area contributed by atoms with Gasteiger partial charge in [-0.3, -0.25) is 19.5 Å². The quantitative estimate of drug-likeness (QED) is 0.696. The summed E-state index contributed by atoms with van der Waals surface area (Å²) in [6, 6.07) is 7.24. The number of likely N-dealkylation sites (tertiary alicyclic amines) is 1. The standard InChI is InChI=1S/C25H30N4O3/c1-2-4-18-8-9-21-22-19(14-28(21)25(18)32)20(15-30)23(24(31)27-12-16-6-7-16)29(22)13-17-5-3-10-26-11-17/h2-5,8-11,16,19-20,22-23,30H,6-7,12-15H2,1H3,(H,27,31)/b4-2+/t19-,20-,22+,23-/m1/s1. The van der Waals surface area contributed by atoms with Gasteiger partial charge in [0.25, 0.3) is 5.56 Å². The van der Waals surface area contributed by atoms with Crippen molar-refractivity contribution in [2.75, 3.05) is 13.2 Å². The van der Waals surface area contributed by atoms with E-state index in [0.717, 1.165) is 11.3 Å². The van der Waals surface area contributed by atoms with Crippen LogP contribution in [0, 0.1) is 17.8 Å². The van der Waals surface area contributed by atoms with E-state index in [1.165, 1.54) is 12.8 Å². The Bertz CT molecular complexity index is 1080. The van der Waals surface area contributed by atoms with Crippen molar-refractivity contribution in [1.82, 2.24) is 19.8 Å². The molecular formula is C25H30N4O3. The molecule has 2 aromatic heterocycles. The lowest BCUT2D eigenvalue weighted by Gasteiger charge is -2.30. The molecule has 0 radical (unpaired) electrons. The third kappa shape index (κ3) is 3.69. The number of aliphatic hydroxyl groups is 1. The maximum Gasteiger partial charge on any atom is 0.258 e. The van der Waals surface area contributed by atoms with Crippen molar-refractivity contribution in [2.24, 2.45) is 17.8 Å². The SMILES string of the molecule is C/C=C/c1ccc2n(c1=O)C[C@@H]1[C@@H](CO)[C@H](C(=O)NCC3CC3)N(Cc3cccnc3)[C@H]21. The maximum atomic E-state index is 13.3. The molecule has 5 rings (SSSR count). The molecule has 4 atom stereocenters. The Hall–Kier alpha value is -2.77. The van der Waals surface area contributed by atoms with Crippen LogP contribution in [0.15, 0.2) is 47.5 Å². The van der Waals surface area contributed by atoms with Crippen molar-refractivity contribution in [1.29, 1.82) is 0 Å². The molecule has 2 N–H and O–H groups in total. The van der Waals surface area contributed by atoms with Crippen LogP contribution in [0.25, 0.3) is 6.08 Å². The number of amides is 1. The molecule has 7 heteroatoms. The highest BCUT2D eigenvalue weighted by Crippen LogP contribution is 2.49. The second-order valence-corrected chi connectivity index (χ2v) is 9.25. The van der Waals surface area contributed by atoms with Crippen LogP contribution in [0.2, 0.25) is 0 Å². The molecular weight excluding hydrogens is 404 g/mol. The highest BCUT2D eigenvalue weighted by molar-refractivity contribution is 5.83. The number of carbonyl (C=O) groups is 1. The van der Waals surface area contributed by atoms with Crippen molar-refractivity contribution in [2.45, 2.75) is 44.9 Å². The van der Waals surface area contributed by atoms with Gasteiger partial charge in [0, 0.05) is 61.7 Å². The van der Waals surface area contributed by atoms with Crippen molar-refractivity contribution < 1.29 is 9.90 Å². The zero-order valence-corrected chi connectivity index (χ0v) is 18.4. The largest absolute Gasteiger partial charge is 0.396 e. The van der Waals surface area contributed by atoms with E-state index in [-0.39, 0.29) is 36.0 Å². The normalized spacial score (nSPS) is 26.9. The Balaban J connectivity index is 1.53. The summed E-state index contributed by atoms with van der Waals surface area (Å²) >= 11 is 0. The summed E-state index contributed by atoms with van der Waals surface area (Å²) in [6.07, 6.45) is 9.59. The van der Waals surface area contributed by atoms with Gasteiger partial charge in [0.05, 0.1) is 12.1 Å². The summed E-state index contributed by atoms with van der Waals surface area (Å²) in [7, 11) is 0. The molecule has 1 saturated carbocycles. The van der Waals surface area contributed by atoms with E-state index in [1.807, 2.05) is 54.1 Å². The number of hydrogen-bond donors (Lipinski definition) is 2. The number of allylic oxidation sites excluding steroid dienone is 1. The van der Waals surface area contributed by atoms with Crippen molar-refractivity contribution in [3.63, 3.8) is 0 Å². The minimum Gasteiger partial charge on any atom is -0.396 e. The monoisotopic (exact) mass is 434 g/mol. The van der Waals surface area contributed by atoms with Gasteiger partial charge in [0.1, 0.15) is 0 Å². The highest BCUT2D eigenvalue weighted by atomic mass is 16.3. The summed E-state index contributed by atoms with van der Waals surface area (Å²) in [5, 5.41) is 13.5. The first-order valence-electron chi connectivity index (χ1n) is 11.5. The molecule has 0 spiro atoms. The molecule has 7 nitrogen and oxygen atoms in total. The van der Waals surface area contributed by atoms with Crippen LogP contribution in [0.5, 0.6) is 0 Å². The molecule has 0 bridgehead atoms. The first kappa shape index (κ1) is 21.1. The Labute approximate surface area is 187 Å². The number of nitrogens with one attached hydrogen (secondary N) is 1. The zero-order valence-electron chi connectivity index (χ0n) is 18.4. The number of nitrogens with zero attached hydrogens (tertiary/aromatic N) is 3. The molecule has 32 heavy (non-hydrogen) atoms. The average molecular weight is 435 g/mol. The summed E-state index contributed by atoms with van der Waals surface area (Å²) in [5.41, 5.74) is 2.58. The van der Waals surface area contributed by atoms with Crippen LogP contribution in [-0.4, -0.2) is 44.7 Å². The molecule has 0 unspecified atom stereocenters. The fourth-order valence-corrected chi connectivity index (χ4v) is 5.48. The van der Waals surface area contributed by atoms with Gasteiger partial charge in [0.2, 0.25) is 5.91 Å². The average Bonchev–Trinajstić information content (AvgIpc) is 3.48. The Morgan fingerprint density at radius 2 is 2.16 bits per heavy atom. The zero-order chi connectivity index (χ0) is 22.2. The smallest absolute Gasteiger partial charge is 0.258 e. The molecule has 1 saturated heterocycles. The fourth-order valence-electron chi connectivity index (χ4n) is 5.48. The number of aliphatic hydroxyl groups excluding tert-OH is 1. The lowest BCUT2D eigenvalue weighted by atomic mass is 9.88. The third-order valence-corrected chi connectivity index (χ3v) is 7.19. The number of hydrogen-bond acceptors (Lipinski definition) is 5. The number of aromatic nitrogens is 2. The Kier molecular flexibility index (Phi) is 5.69. The van der Waals surface area contributed by atoms with Gasteiger partial charge in [-0.1, -0.05) is 18.2 Å². The molecule has 2 aromatic rings. The third-order valence-electron chi connectivity index (χ3n) is 7.19. The minimum absolute atomic E-state index is 0.00176. The first-order valence-corrected chi connectivity index (χ1v) is 11.5. The highest BCUT2D eigenvalue weighted by Gasteiger charge is 2.55. The van der Waals surface area contributed by atoms with Crippen LogP contribution < -0.4 is 10.9 Å². The summed E-state index contributed by atoms with van der Waals surface area (Å²) in [6.45, 7) is 3.57. The van der Waals surface area contributed by atoms with Crippen molar-refractivity contribution >= 4 is 12.0 Å². The van der Waals surface area contributed by atoms with Gasteiger partial charge < -0.3 is 15.0 Å². The Morgan fingerprint density at radius 3 is 2.84 bits per heavy atom. The van der Waals surface area contributed by atoms with Crippen molar-refractivity contribution in [3.8, 4) is 0 Å². The Morgan fingerprint density at radius 1 is 1.31 bits per heavy atom. The molecule has 0 aromatic carbocycles. The topological polar surface area (TPSA) is 87.5 Å². The molecule has 1 aliphatic carbocycles. The lowest BCUT2D eigenvalue weighted by molar-refractivity contribution is -0.128. The molecule has 4 heterocycles. The van der Waals surface area contributed by atoms with Crippen LogP contribution >= 0.6 is 0 Å². The molecule has 1 amide bonds. The van der Waals surface area contributed by atoms with E-state index >= 15 is 0 Å². The number of rotatable bonds is 7. The van der Waals surface area contributed by atoms with Crippen LogP contribution in [0.3, 0.4) is 0 Å². The van der Waals surface area contributed by atoms with Gasteiger partial charge in [-0.2, -0.15) is 0 Å². The van der Waals surface area contributed by atoms with Gasteiger partial charge >= 0.3 is 0 Å². The fraction of sp³-hybridized carbons (Fsp3) is 0.480. The van der Waals surface area contributed by atoms with Crippen LogP contribution in [0.4, 0.5) is 0 Å². The van der Waals surface area contributed by atoms with E-state index < -0.39 is 6.04 Å². The van der Waals surface area contributed by atoms with E-state index in [9.17, 15) is 14.7 Å². The molecule has 3 aliphatic rings. The van der Waals surface area contributed by atoms with Gasteiger partial charge in [-0.05, 0) is 49.4 Å². The van der Waals surface area contributed by atoms with E-state index in [1.54, 1.807) is 6.20 Å². The van der Waals surface area contributed by atoms with Crippen LogP contribution in [0.1, 0.15) is 42.6 Å². The summed E-state index contributed by atoms with van der Waals surface area (Å²) in [5.74, 6) is 0.333. The van der Waals surface area contributed by atoms with Gasteiger partial charge in [-0.25, -0.2) is 0 Å². The lowest BCUT2D eigenvalue weighted by Crippen LogP contribution is -2.48. The second kappa shape index (κ2) is 8.64. The predicted octanol–water partition coefficient (Wildman–Crippen LogP) is 1.97. The van der Waals surface area contributed by atoms with E-state index in [4.69, 9.17) is 0 Å². The predicted molar refractivity (Wildman–Crippen MR) is 122 cm³/mol.